The SMILES string of the molecule is Cc1cc(C)c(C)c(C(Cl)c2c(F)cc(Br)cc2F)c1C. The predicted octanol–water partition coefficient (Wildman–Crippen LogP) is 6.29. The molecule has 2 aromatic carbocycles. The lowest BCUT2D eigenvalue weighted by molar-refractivity contribution is 0.557. The minimum atomic E-state index is -0.850. The third-order valence-electron chi connectivity index (χ3n) is 3.97. The van der Waals surface area contributed by atoms with Gasteiger partial charge in [-0.15, -0.1) is 11.6 Å². The minimum absolute atomic E-state index is 0.101. The van der Waals surface area contributed by atoms with Crippen LogP contribution in [-0.2, 0) is 0 Å². The van der Waals surface area contributed by atoms with E-state index in [0.29, 0.717) is 4.47 Å². The Kier molecular flexibility index (Phi) is 4.74. The van der Waals surface area contributed by atoms with Gasteiger partial charge in [0.05, 0.1) is 5.38 Å². The highest BCUT2D eigenvalue weighted by atomic mass is 79.9. The van der Waals surface area contributed by atoms with Gasteiger partial charge in [-0.2, -0.15) is 0 Å². The third kappa shape index (κ3) is 3.00. The number of hydrogen-bond donors (Lipinski definition) is 0. The Morgan fingerprint density at radius 1 is 0.857 bits per heavy atom. The largest absolute Gasteiger partial charge is 0.206 e. The third-order valence-corrected chi connectivity index (χ3v) is 4.87. The molecule has 0 saturated carbocycles. The fraction of sp³-hybridized carbons (Fsp3) is 0.294. The number of benzene rings is 2. The second-order valence-corrected chi connectivity index (χ2v) is 6.67. The molecule has 0 heterocycles. The van der Waals surface area contributed by atoms with Crippen LogP contribution in [0, 0.1) is 39.3 Å². The first-order chi connectivity index (χ1) is 9.73. The maximum Gasteiger partial charge on any atom is 0.132 e. The zero-order chi connectivity index (χ0) is 15.9. The first kappa shape index (κ1) is 16.4. The van der Waals surface area contributed by atoms with Gasteiger partial charge in [-0.25, -0.2) is 8.78 Å². The Hall–Kier alpha value is -0.930. The van der Waals surface area contributed by atoms with Gasteiger partial charge in [-0.1, -0.05) is 22.0 Å². The van der Waals surface area contributed by atoms with Crippen molar-refractivity contribution >= 4 is 27.5 Å². The summed E-state index contributed by atoms with van der Waals surface area (Å²) in [5, 5.41) is -0.850. The van der Waals surface area contributed by atoms with Gasteiger partial charge in [-0.05, 0) is 67.6 Å². The molecule has 4 heteroatoms. The first-order valence-corrected chi connectivity index (χ1v) is 7.82. The molecule has 0 spiro atoms. The molecule has 21 heavy (non-hydrogen) atoms. The molecule has 1 atom stereocenters. The van der Waals surface area contributed by atoms with E-state index in [1.807, 2.05) is 27.7 Å². The lowest BCUT2D eigenvalue weighted by atomic mass is 9.89. The Labute approximate surface area is 137 Å². The van der Waals surface area contributed by atoms with Crippen LogP contribution in [0.5, 0.6) is 0 Å². The quantitative estimate of drug-likeness (QED) is 0.543. The molecule has 0 aliphatic rings. The van der Waals surface area contributed by atoms with Crippen LogP contribution < -0.4 is 0 Å². The molecular weight excluding hydrogens is 358 g/mol. The van der Waals surface area contributed by atoms with Gasteiger partial charge >= 0.3 is 0 Å². The van der Waals surface area contributed by atoms with Crippen molar-refractivity contribution in [2.24, 2.45) is 0 Å². The van der Waals surface area contributed by atoms with Crippen molar-refractivity contribution in [3.05, 3.63) is 67.7 Å². The van der Waals surface area contributed by atoms with E-state index < -0.39 is 17.0 Å². The van der Waals surface area contributed by atoms with Crippen molar-refractivity contribution < 1.29 is 8.78 Å². The number of hydrogen-bond acceptors (Lipinski definition) is 0. The molecule has 0 amide bonds. The molecule has 2 aromatic rings. The van der Waals surface area contributed by atoms with E-state index >= 15 is 0 Å². The molecule has 2 rings (SSSR count). The molecular formula is C17H16BrClF2. The summed E-state index contributed by atoms with van der Waals surface area (Å²) >= 11 is 9.54. The summed E-state index contributed by atoms with van der Waals surface area (Å²) in [7, 11) is 0. The molecule has 0 radical (unpaired) electrons. The van der Waals surface area contributed by atoms with Gasteiger partial charge < -0.3 is 0 Å². The number of rotatable bonds is 2. The Bertz CT molecular complexity index is 661. The zero-order valence-electron chi connectivity index (χ0n) is 12.3. The van der Waals surface area contributed by atoms with Crippen LogP contribution in [0.15, 0.2) is 22.7 Å². The van der Waals surface area contributed by atoms with Crippen molar-refractivity contribution in [2.75, 3.05) is 0 Å². The van der Waals surface area contributed by atoms with Crippen LogP contribution in [0.4, 0.5) is 8.78 Å². The van der Waals surface area contributed by atoms with Gasteiger partial charge in [0, 0.05) is 10.0 Å². The van der Waals surface area contributed by atoms with Crippen LogP contribution >= 0.6 is 27.5 Å². The van der Waals surface area contributed by atoms with E-state index in [1.54, 1.807) is 0 Å². The highest BCUT2D eigenvalue weighted by molar-refractivity contribution is 9.10. The molecule has 0 fully saturated rings. The normalized spacial score (nSPS) is 12.6. The summed E-state index contributed by atoms with van der Waals surface area (Å²) in [6.45, 7) is 7.81. The van der Waals surface area contributed by atoms with Crippen LogP contribution in [0.25, 0.3) is 0 Å². The molecule has 0 nitrogen and oxygen atoms in total. The van der Waals surface area contributed by atoms with Gasteiger partial charge in [-0.3, -0.25) is 0 Å². The topological polar surface area (TPSA) is 0 Å². The molecule has 112 valence electrons. The van der Waals surface area contributed by atoms with E-state index in [4.69, 9.17) is 11.6 Å². The van der Waals surface area contributed by atoms with E-state index in [1.165, 1.54) is 12.1 Å². The van der Waals surface area contributed by atoms with Crippen LogP contribution in [-0.4, -0.2) is 0 Å². The number of alkyl halides is 1. The van der Waals surface area contributed by atoms with E-state index in [0.717, 1.165) is 27.8 Å². The molecule has 0 N–H and O–H groups in total. The zero-order valence-corrected chi connectivity index (χ0v) is 14.7. The monoisotopic (exact) mass is 372 g/mol. The van der Waals surface area contributed by atoms with Gasteiger partial charge in [0.2, 0.25) is 0 Å². The summed E-state index contributed by atoms with van der Waals surface area (Å²) < 4.78 is 28.7. The molecule has 0 aromatic heterocycles. The average Bonchev–Trinajstić information content (AvgIpc) is 2.35. The van der Waals surface area contributed by atoms with Gasteiger partial charge in [0.25, 0.3) is 0 Å². The second-order valence-electron chi connectivity index (χ2n) is 5.32. The minimum Gasteiger partial charge on any atom is -0.206 e. The predicted molar refractivity (Wildman–Crippen MR) is 87.1 cm³/mol. The Morgan fingerprint density at radius 2 is 1.29 bits per heavy atom. The van der Waals surface area contributed by atoms with E-state index in [2.05, 4.69) is 22.0 Å². The van der Waals surface area contributed by atoms with Crippen molar-refractivity contribution in [1.82, 2.24) is 0 Å². The summed E-state index contributed by atoms with van der Waals surface area (Å²) in [5.41, 5.74) is 4.76. The smallest absolute Gasteiger partial charge is 0.132 e. The summed E-state index contributed by atoms with van der Waals surface area (Å²) in [4.78, 5) is 0. The Morgan fingerprint density at radius 3 is 1.71 bits per heavy atom. The maximum absolute atomic E-state index is 14.2. The summed E-state index contributed by atoms with van der Waals surface area (Å²) in [5.74, 6) is -1.28. The summed E-state index contributed by atoms with van der Waals surface area (Å²) in [6, 6.07) is 4.54. The molecule has 1 unspecified atom stereocenters. The maximum atomic E-state index is 14.2. The van der Waals surface area contributed by atoms with Crippen molar-refractivity contribution in [2.45, 2.75) is 33.1 Å². The van der Waals surface area contributed by atoms with Gasteiger partial charge in [0.15, 0.2) is 0 Å². The lowest BCUT2D eigenvalue weighted by Gasteiger charge is -2.21. The average molecular weight is 374 g/mol. The number of halogens is 4. The fourth-order valence-electron chi connectivity index (χ4n) is 2.57. The molecule has 0 aliphatic heterocycles. The molecule has 0 aliphatic carbocycles. The van der Waals surface area contributed by atoms with E-state index in [9.17, 15) is 8.78 Å². The van der Waals surface area contributed by atoms with E-state index in [-0.39, 0.29) is 5.56 Å². The Balaban J connectivity index is 2.69. The van der Waals surface area contributed by atoms with Crippen LogP contribution in [0.2, 0.25) is 0 Å². The lowest BCUT2D eigenvalue weighted by Crippen LogP contribution is -2.07. The van der Waals surface area contributed by atoms with Crippen molar-refractivity contribution in [3.63, 3.8) is 0 Å². The molecule has 0 saturated heterocycles. The second kappa shape index (κ2) is 6.05. The van der Waals surface area contributed by atoms with Gasteiger partial charge in [0.1, 0.15) is 11.6 Å². The summed E-state index contributed by atoms with van der Waals surface area (Å²) in [6.07, 6.45) is 0. The molecule has 0 bridgehead atoms. The fourth-order valence-corrected chi connectivity index (χ4v) is 3.51. The highest BCUT2D eigenvalue weighted by Crippen LogP contribution is 2.38. The van der Waals surface area contributed by atoms with Crippen LogP contribution in [0.3, 0.4) is 0 Å². The van der Waals surface area contributed by atoms with Crippen molar-refractivity contribution in [1.29, 1.82) is 0 Å². The first-order valence-electron chi connectivity index (χ1n) is 6.59. The van der Waals surface area contributed by atoms with Crippen molar-refractivity contribution in [3.8, 4) is 0 Å². The standard InChI is InChI=1S/C17H16BrClF2/c1-8-5-9(2)11(4)15(10(8)3)17(19)16-13(20)6-12(18)7-14(16)21/h5-7,17H,1-4H3. The highest BCUT2D eigenvalue weighted by Gasteiger charge is 2.24. The number of aryl methyl sites for hydroxylation is 2. The van der Waals surface area contributed by atoms with Crippen LogP contribution in [0.1, 0.15) is 38.8 Å².